The smallest absolute Gasteiger partial charge is 0.321 e. The molecule has 3 aromatic heterocycles. The van der Waals surface area contributed by atoms with E-state index in [-0.39, 0.29) is 12.1 Å². The zero-order chi connectivity index (χ0) is 20.2. The molecule has 0 atom stereocenters. The maximum atomic E-state index is 12.7. The lowest BCUT2D eigenvalue weighted by Gasteiger charge is -2.07. The van der Waals surface area contributed by atoms with Crippen molar-refractivity contribution >= 4 is 44.8 Å². The standard InChI is InChI=1S/C20H16N4O3S2/c25-17(23-20(27)21-10-14-7-4-8-28-14)11-24-12-22-15-9-16(29-18(15)19(24)26)13-5-2-1-3-6-13/h1-9,12H,10-11H2,(H2,21,23,25,27). The first-order valence-electron chi connectivity index (χ1n) is 8.74. The first-order valence-corrected chi connectivity index (χ1v) is 10.4. The fraction of sp³-hybridized carbons (Fsp3) is 0.100. The van der Waals surface area contributed by atoms with Crippen molar-refractivity contribution in [3.05, 3.63) is 75.5 Å². The van der Waals surface area contributed by atoms with E-state index in [0.717, 1.165) is 15.3 Å². The number of imide groups is 1. The number of thiophene rings is 2. The van der Waals surface area contributed by atoms with Crippen LogP contribution in [0, 0.1) is 0 Å². The summed E-state index contributed by atoms with van der Waals surface area (Å²) in [4.78, 5) is 42.9. The van der Waals surface area contributed by atoms with Crippen LogP contribution < -0.4 is 16.2 Å². The van der Waals surface area contributed by atoms with Crippen LogP contribution in [0.3, 0.4) is 0 Å². The monoisotopic (exact) mass is 424 g/mol. The Balaban J connectivity index is 1.45. The van der Waals surface area contributed by atoms with Crippen molar-refractivity contribution in [2.24, 2.45) is 0 Å². The number of fused-ring (bicyclic) bond motifs is 1. The minimum absolute atomic E-state index is 0.285. The van der Waals surface area contributed by atoms with Crippen molar-refractivity contribution in [2.45, 2.75) is 13.1 Å². The van der Waals surface area contributed by atoms with E-state index in [9.17, 15) is 14.4 Å². The number of benzene rings is 1. The highest BCUT2D eigenvalue weighted by Gasteiger charge is 2.14. The van der Waals surface area contributed by atoms with Crippen molar-refractivity contribution < 1.29 is 9.59 Å². The van der Waals surface area contributed by atoms with Crippen LogP contribution >= 0.6 is 22.7 Å². The van der Waals surface area contributed by atoms with Crippen LogP contribution in [0.4, 0.5) is 4.79 Å². The van der Waals surface area contributed by atoms with Crippen LogP contribution in [0.2, 0.25) is 0 Å². The third kappa shape index (κ3) is 4.41. The lowest BCUT2D eigenvalue weighted by molar-refractivity contribution is -0.120. The highest BCUT2D eigenvalue weighted by molar-refractivity contribution is 7.22. The first-order chi connectivity index (χ1) is 14.1. The molecule has 146 valence electrons. The van der Waals surface area contributed by atoms with E-state index in [1.54, 1.807) is 0 Å². The summed E-state index contributed by atoms with van der Waals surface area (Å²) in [5, 5.41) is 6.74. The molecule has 1 aromatic carbocycles. The number of hydrogen-bond acceptors (Lipinski definition) is 6. The summed E-state index contributed by atoms with van der Waals surface area (Å²) in [5.74, 6) is -0.586. The van der Waals surface area contributed by atoms with E-state index in [1.165, 1.54) is 33.6 Å². The molecule has 0 aliphatic heterocycles. The van der Waals surface area contributed by atoms with Gasteiger partial charge in [0.15, 0.2) is 0 Å². The molecule has 3 amide bonds. The number of carbonyl (C=O) groups is 2. The van der Waals surface area contributed by atoms with E-state index < -0.39 is 11.9 Å². The quantitative estimate of drug-likeness (QED) is 0.514. The Hall–Kier alpha value is -3.30. The molecule has 0 unspecified atom stereocenters. The fourth-order valence-electron chi connectivity index (χ4n) is 2.75. The third-order valence-electron chi connectivity index (χ3n) is 4.13. The van der Waals surface area contributed by atoms with Crippen LogP contribution in [0.1, 0.15) is 4.88 Å². The lowest BCUT2D eigenvalue weighted by atomic mass is 10.2. The summed E-state index contributed by atoms with van der Waals surface area (Å²) in [6.45, 7) is 0.0501. The van der Waals surface area contributed by atoms with Crippen LogP contribution in [-0.4, -0.2) is 21.5 Å². The van der Waals surface area contributed by atoms with Crippen molar-refractivity contribution in [1.82, 2.24) is 20.2 Å². The number of rotatable bonds is 5. The molecule has 0 spiro atoms. The number of carbonyl (C=O) groups excluding carboxylic acids is 2. The molecule has 4 rings (SSSR count). The van der Waals surface area contributed by atoms with Gasteiger partial charge in [0, 0.05) is 9.75 Å². The Morgan fingerprint density at radius 3 is 2.69 bits per heavy atom. The van der Waals surface area contributed by atoms with Gasteiger partial charge in [0.1, 0.15) is 11.2 Å². The second-order valence-corrected chi connectivity index (χ2v) is 8.26. The average Bonchev–Trinajstić information content (AvgIpc) is 3.39. The van der Waals surface area contributed by atoms with E-state index >= 15 is 0 Å². The molecule has 2 N–H and O–H groups in total. The molecular formula is C20H16N4O3S2. The summed E-state index contributed by atoms with van der Waals surface area (Å²) in [7, 11) is 0. The normalized spacial score (nSPS) is 10.8. The number of nitrogens with one attached hydrogen (secondary N) is 2. The molecule has 29 heavy (non-hydrogen) atoms. The molecule has 0 aliphatic carbocycles. The molecule has 0 saturated carbocycles. The Morgan fingerprint density at radius 1 is 1.10 bits per heavy atom. The number of urea groups is 1. The molecule has 3 heterocycles. The molecule has 0 saturated heterocycles. The van der Waals surface area contributed by atoms with Crippen molar-refractivity contribution in [3.8, 4) is 10.4 Å². The summed E-state index contributed by atoms with van der Waals surface area (Å²) < 4.78 is 1.68. The second kappa shape index (κ2) is 8.38. The van der Waals surface area contributed by atoms with Crippen molar-refractivity contribution in [1.29, 1.82) is 0 Å². The SMILES string of the molecule is O=C(Cn1cnc2cc(-c3ccccc3)sc2c1=O)NC(=O)NCc1cccs1. The van der Waals surface area contributed by atoms with Gasteiger partial charge in [-0.25, -0.2) is 9.78 Å². The summed E-state index contributed by atoms with van der Waals surface area (Å²) >= 11 is 2.84. The van der Waals surface area contributed by atoms with E-state index in [4.69, 9.17) is 0 Å². The summed E-state index contributed by atoms with van der Waals surface area (Å²) in [6, 6.07) is 14.7. The molecule has 0 fully saturated rings. The van der Waals surface area contributed by atoms with Crippen LogP contribution in [0.5, 0.6) is 0 Å². The number of nitrogens with zero attached hydrogens (tertiary/aromatic N) is 2. The van der Waals surface area contributed by atoms with Gasteiger partial charge < -0.3 is 5.32 Å². The molecule has 9 heteroatoms. The maximum Gasteiger partial charge on any atom is 0.321 e. The van der Waals surface area contributed by atoms with Gasteiger partial charge in [-0.05, 0) is 23.1 Å². The molecule has 0 radical (unpaired) electrons. The van der Waals surface area contributed by atoms with Gasteiger partial charge in [-0.2, -0.15) is 0 Å². The van der Waals surface area contributed by atoms with Crippen LogP contribution in [0.25, 0.3) is 20.7 Å². The Kier molecular flexibility index (Phi) is 5.50. The molecule has 4 aromatic rings. The third-order valence-corrected chi connectivity index (χ3v) is 6.17. The maximum absolute atomic E-state index is 12.7. The largest absolute Gasteiger partial charge is 0.333 e. The Labute approximate surface area is 173 Å². The lowest BCUT2D eigenvalue weighted by Crippen LogP contribution is -2.41. The highest BCUT2D eigenvalue weighted by Crippen LogP contribution is 2.30. The zero-order valence-corrected chi connectivity index (χ0v) is 16.8. The van der Waals surface area contributed by atoms with Gasteiger partial charge in [0.05, 0.1) is 18.4 Å². The minimum atomic E-state index is -0.604. The van der Waals surface area contributed by atoms with Crippen molar-refractivity contribution in [3.63, 3.8) is 0 Å². The van der Waals surface area contributed by atoms with Crippen LogP contribution in [-0.2, 0) is 17.9 Å². The fourth-order valence-corrected chi connectivity index (χ4v) is 4.46. The van der Waals surface area contributed by atoms with E-state index in [0.29, 0.717) is 16.8 Å². The molecule has 0 bridgehead atoms. The Bertz CT molecular complexity index is 1210. The molecule has 0 aliphatic rings. The van der Waals surface area contributed by atoms with Gasteiger partial charge >= 0.3 is 6.03 Å². The minimum Gasteiger partial charge on any atom is -0.333 e. The van der Waals surface area contributed by atoms with Crippen molar-refractivity contribution in [2.75, 3.05) is 0 Å². The average molecular weight is 425 g/mol. The zero-order valence-electron chi connectivity index (χ0n) is 15.1. The first kappa shape index (κ1) is 19.0. The summed E-state index contributed by atoms with van der Waals surface area (Å²) in [5.41, 5.74) is 1.28. The predicted octanol–water partition coefficient (Wildman–Crippen LogP) is 3.21. The van der Waals surface area contributed by atoms with Crippen LogP contribution in [0.15, 0.2) is 65.0 Å². The van der Waals surface area contributed by atoms with Gasteiger partial charge in [-0.15, -0.1) is 22.7 Å². The van der Waals surface area contributed by atoms with Gasteiger partial charge in [0.25, 0.3) is 5.56 Å². The second-order valence-electron chi connectivity index (χ2n) is 6.18. The topological polar surface area (TPSA) is 93.1 Å². The Morgan fingerprint density at radius 2 is 1.93 bits per heavy atom. The van der Waals surface area contributed by atoms with Gasteiger partial charge in [-0.1, -0.05) is 36.4 Å². The van der Waals surface area contributed by atoms with Gasteiger partial charge in [0.2, 0.25) is 5.91 Å². The van der Waals surface area contributed by atoms with Gasteiger partial charge in [-0.3, -0.25) is 19.5 Å². The number of hydrogen-bond donors (Lipinski definition) is 2. The number of amides is 3. The molecule has 7 nitrogen and oxygen atoms in total. The van der Waals surface area contributed by atoms with E-state index in [2.05, 4.69) is 15.6 Å². The van der Waals surface area contributed by atoms with E-state index in [1.807, 2.05) is 53.9 Å². The number of aromatic nitrogens is 2. The molecular weight excluding hydrogens is 408 g/mol. The highest BCUT2D eigenvalue weighted by atomic mass is 32.1. The summed E-state index contributed by atoms with van der Waals surface area (Å²) in [6.07, 6.45) is 1.33. The predicted molar refractivity (Wildman–Crippen MR) is 114 cm³/mol.